The quantitative estimate of drug-likeness (QED) is 0.750. The van der Waals surface area contributed by atoms with Gasteiger partial charge in [0.05, 0.1) is 12.2 Å². The molecule has 0 aliphatic carbocycles. The lowest BCUT2D eigenvalue weighted by molar-refractivity contribution is -0.139. The van der Waals surface area contributed by atoms with Crippen molar-refractivity contribution in [1.29, 1.82) is 0 Å². The zero-order chi connectivity index (χ0) is 19.0. The molecule has 2 aliphatic heterocycles. The number of hydrogen-bond acceptors (Lipinski definition) is 6. The highest BCUT2D eigenvalue weighted by atomic mass is 32.1. The van der Waals surface area contributed by atoms with Gasteiger partial charge in [-0.1, -0.05) is 12.1 Å². The van der Waals surface area contributed by atoms with Gasteiger partial charge in [-0.25, -0.2) is 19.2 Å². The number of carbonyl (C=O) groups excluding carboxylic acids is 1. The van der Waals surface area contributed by atoms with Crippen LogP contribution in [-0.4, -0.2) is 34.8 Å². The van der Waals surface area contributed by atoms with Crippen LogP contribution < -0.4 is 0 Å². The third kappa shape index (κ3) is 2.96. The van der Waals surface area contributed by atoms with Crippen LogP contribution in [0.15, 0.2) is 52.1 Å². The van der Waals surface area contributed by atoms with Gasteiger partial charge in [0.1, 0.15) is 11.4 Å². The highest BCUT2D eigenvalue weighted by molar-refractivity contribution is 7.11. The molecule has 1 aromatic carbocycles. The summed E-state index contributed by atoms with van der Waals surface area (Å²) in [4.78, 5) is 24.4. The maximum Gasteiger partial charge on any atom is 0.338 e. The number of esters is 1. The van der Waals surface area contributed by atoms with Crippen molar-refractivity contribution in [2.24, 2.45) is 4.99 Å². The van der Waals surface area contributed by atoms with Crippen LogP contribution in [0.5, 0.6) is 0 Å². The molecule has 1 fully saturated rings. The third-order valence-corrected chi connectivity index (χ3v) is 5.76. The van der Waals surface area contributed by atoms with E-state index in [-0.39, 0.29) is 18.4 Å². The van der Waals surface area contributed by atoms with Crippen LogP contribution in [0.1, 0.15) is 37.3 Å². The number of benzene rings is 1. The Morgan fingerprint density at radius 2 is 2.15 bits per heavy atom. The summed E-state index contributed by atoms with van der Waals surface area (Å²) in [6.45, 7) is 4.76. The van der Waals surface area contributed by atoms with E-state index in [1.165, 1.54) is 23.5 Å². The highest BCUT2D eigenvalue weighted by Gasteiger charge is 2.46. The summed E-state index contributed by atoms with van der Waals surface area (Å²) in [5.41, 5.74) is 1.26. The lowest BCUT2D eigenvalue weighted by Crippen LogP contribution is -2.42. The van der Waals surface area contributed by atoms with Crippen LogP contribution in [0, 0.1) is 5.82 Å². The minimum absolute atomic E-state index is 0.290. The van der Waals surface area contributed by atoms with Crippen molar-refractivity contribution in [2.75, 3.05) is 13.2 Å². The monoisotopic (exact) mass is 385 g/mol. The van der Waals surface area contributed by atoms with Crippen LogP contribution in [0.4, 0.5) is 4.39 Å². The van der Waals surface area contributed by atoms with E-state index in [2.05, 4.69) is 9.88 Å². The van der Waals surface area contributed by atoms with Gasteiger partial charge < -0.3 is 9.64 Å². The van der Waals surface area contributed by atoms with E-state index in [0.29, 0.717) is 5.57 Å². The van der Waals surface area contributed by atoms with Crippen molar-refractivity contribution in [1.82, 2.24) is 9.88 Å². The molecule has 140 valence electrons. The minimum Gasteiger partial charge on any atom is -0.463 e. The van der Waals surface area contributed by atoms with Gasteiger partial charge in [-0.15, -0.1) is 11.3 Å². The second-order valence-corrected chi connectivity index (χ2v) is 7.54. The van der Waals surface area contributed by atoms with Crippen molar-refractivity contribution in [3.05, 3.63) is 63.5 Å². The maximum atomic E-state index is 13.5. The first-order chi connectivity index (χ1) is 13.0. The van der Waals surface area contributed by atoms with E-state index in [9.17, 15) is 9.18 Å². The summed E-state index contributed by atoms with van der Waals surface area (Å²) in [5.74, 6) is 0.0700. The highest BCUT2D eigenvalue weighted by Crippen LogP contribution is 2.44. The number of carbonyl (C=O) groups is 1. The summed E-state index contributed by atoms with van der Waals surface area (Å²) < 4.78 is 18.9. The van der Waals surface area contributed by atoms with Crippen molar-refractivity contribution in [3.63, 3.8) is 0 Å². The van der Waals surface area contributed by atoms with Crippen LogP contribution in [0.3, 0.4) is 0 Å². The van der Waals surface area contributed by atoms with E-state index >= 15 is 0 Å². The predicted octanol–water partition coefficient (Wildman–Crippen LogP) is 3.87. The summed E-state index contributed by atoms with van der Waals surface area (Å²) in [5, 5.41) is 2.72. The Kier molecular flexibility index (Phi) is 4.55. The number of nitrogens with zero attached hydrogens (tertiary/aromatic N) is 3. The molecule has 1 saturated heterocycles. The fraction of sp³-hybridized carbons (Fsp3) is 0.350. The van der Waals surface area contributed by atoms with Gasteiger partial charge in [0.2, 0.25) is 0 Å². The smallest absolute Gasteiger partial charge is 0.338 e. The number of halogens is 1. The molecule has 4 rings (SSSR count). The Morgan fingerprint density at radius 1 is 1.37 bits per heavy atom. The molecule has 0 bridgehead atoms. The van der Waals surface area contributed by atoms with Gasteiger partial charge in [0, 0.05) is 23.8 Å². The second-order valence-electron chi connectivity index (χ2n) is 6.65. The number of hydrogen-bond donors (Lipinski definition) is 0. The molecule has 0 saturated carbocycles. The van der Waals surface area contributed by atoms with Crippen LogP contribution in [-0.2, 0) is 15.1 Å². The van der Waals surface area contributed by atoms with Gasteiger partial charge in [0.25, 0.3) is 0 Å². The molecular formula is C20H20FN3O2S. The number of fused-ring (bicyclic) bond motifs is 1. The van der Waals surface area contributed by atoms with Gasteiger partial charge in [0.15, 0.2) is 10.8 Å². The molecule has 1 atom stereocenters. The van der Waals surface area contributed by atoms with Gasteiger partial charge in [-0.3, -0.25) is 0 Å². The molecular weight excluding hydrogens is 365 g/mol. The Hall–Kier alpha value is -2.54. The average molecular weight is 385 g/mol. The number of aromatic nitrogens is 1. The average Bonchev–Trinajstić information content (AvgIpc) is 3.33. The molecule has 7 heteroatoms. The molecule has 5 nitrogen and oxygen atoms in total. The van der Waals surface area contributed by atoms with Crippen molar-refractivity contribution in [2.45, 2.75) is 32.2 Å². The van der Waals surface area contributed by atoms with Gasteiger partial charge >= 0.3 is 5.97 Å². The van der Waals surface area contributed by atoms with E-state index < -0.39 is 5.54 Å². The first-order valence-corrected chi connectivity index (χ1v) is 9.86. The first-order valence-electron chi connectivity index (χ1n) is 8.98. The Bertz CT molecular complexity index is 921. The number of amidine groups is 1. The topological polar surface area (TPSA) is 54.8 Å². The van der Waals surface area contributed by atoms with E-state index in [1.54, 1.807) is 25.3 Å². The largest absolute Gasteiger partial charge is 0.463 e. The number of thiazole rings is 1. The van der Waals surface area contributed by atoms with E-state index in [4.69, 9.17) is 9.73 Å². The van der Waals surface area contributed by atoms with Crippen molar-refractivity contribution in [3.8, 4) is 0 Å². The maximum absolute atomic E-state index is 13.5. The lowest BCUT2D eigenvalue weighted by atomic mass is 9.82. The number of ether oxygens (including phenoxy) is 1. The fourth-order valence-corrected chi connectivity index (χ4v) is 4.41. The zero-order valence-electron chi connectivity index (χ0n) is 15.2. The summed E-state index contributed by atoms with van der Waals surface area (Å²) in [7, 11) is 0. The molecule has 1 unspecified atom stereocenters. The van der Waals surface area contributed by atoms with E-state index in [0.717, 1.165) is 41.5 Å². The number of allylic oxidation sites excluding steroid dienone is 1. The molecule has 2 aliphatic rings. The molecule has 27 heavy (non-hydrogen) atoms. The van der Waals surface area contributed by atoms with Crippen LogP contribution >= 0.6 is 11.3 Å². The molecule has 0 spiro atoms. The van der Waals surface area contributed by atoms with Crippen LogP contribution in [0.25, 0.3) is 0 Å². The summed E-state index contributed by atoms with van der Waals surface area (Å²) in [6, 6.07) is 6.16. The Morgan fingerprint density at radius 3 is 2.81 bits per heavy atom. The number of aliphatic imine (C=N–C) groups is 1. The molecule has 0 radical (unpaired) electrons. The molecule has 1 aromatic heterocycles. The normalized spacial score (nSPS) is 21.9. The fourth-order valence-electron chi connectivity index (χ4n) is 3.78. The minimum atomic E-state index is -0.961. The van der Waals surface area contributed by atoms with Crippen molar-refractivity contribution >= 4 is 23.1 Å². The molecule has 0 amide bonds. The number of rotatable bonds is 4. The summed E-state index contributed by atoms with van der Waals surface area (Å²) in [6.07, 6.45) is 3.45. The molecule has 3 heterocycles. The Labute approximate surface area is 161 Å². The van der Waals surface area contributed by atoms with E-state index in [1.807, 2.05) is 12.3 Å². The van der Waals surface area contributed by atoms with Gasteiger partial charge in [-0.2, -0.15) is 0 Å². The second kappa shape index (κ2) is 6.88. The van der Waals surface area contributed by atoms with Gasteiger partial charge in [-0.05, 0) is 44.4 Å². The Balaban J connectivity index is 1.93. The molecule has 0 N–H and O–H groups in total. The lowest BCUT2D eigenvalue weighted by Gasteiger charge is -2.38. The summed E-state index contributed by atoms with van der Waals surface area (Å²) >= 11 is 1.51. The zero-order valence-corrected chi connectivity index (χ0v) is 16.1. The predicted molar refractivity (Wildman–Crippen MR) is 102 cm³/mol. The van der Waals surface area contributed by atoms with Crippen LogP contribution in [0.2, 0.25) is 0 Å². The standard InChI is InChI=1S/C20H20FN3O2S/c1-3-26-19(25)16-15-5-4-11-24(15)17(18-22-10-12-27-18)23-20(16,2)13-6-8-14(21)9-7-13/h6-10,12H,3-5,11H2,1-2H3. The molecule has 2 aromatic rings. The first kappa shape index (κ1) is 17.9. The SMILES string of the molecule is CCOC(=O)C1=C2CCCN2C(c2nccs2)=NC1(C)c1ccc(F)cc1. The van der Waals surface area contributed by atoms with Crippen molar-refractivity contribution < 1.29 is 13.9 Å². The third-order valence-electron chi connectivity index (χ3n) is 4.99.